The van der Waals surface area contributed by atoms with Crippen LogP contribution in [0.5, 0.6) is 11.6 Å². The highest BCUT2D eigenvalue weighted by molar-refractivity contribution is 5.88. The summed E-state index contributed by atoms with van der Waals surface area (Å²) in [7, 11) is 2.94. The molecule has 0 bridgehead atoms. The number of amides is 2. The van der Waals surface area contributed by atoms with E-state index in [0.29, 0.717) is 18.1 Å². The van der Waals surface area contributed by atoms with Gasteiger partial charge >= 0.3 is 12.1 Å². The number of aromatic nitrogens is 1. The quantitative estimate of drug-likeness (QED) is 0.366. The Morgan fingerprint density at radius 2 is 2.00 bits per heavy atom. The first-order valence-electron chi connectivity index (χ1n) is 12.6. The van der Waals surface area contributed by atoms with Gasteiger partial charge < -0.3 is 24.3 Å². The highest BCUT2D eigenvalue weighted by Crippen LogP contribution is 2.30. The molecule has 3 rings (SSSR count). The Kier molecular flexibility index (Phi) is 9.55. The van der Waals surface area contributed by atoms with E-state index in [9.17, 15) is 14.4 Å². The lowest BCUT2D eigenvalue weighted by Crippen LogP contribution is -2.48. The van der Waals surface area contributed by atoms with Crippen molar-refractivity contribution in [2.75, 3.05) is 27.3 Å². The van der Waals surface area contributed by atoms with Gasteiger partial charge in [0.15, 0.2) is 0 Å². The fraction of sp³-hybridized carbons (Fsp3) is 0.500. The summed E-state index contributed by atoms with van der Waals surface area (Å²) in [5.74, 6) is 0.346. The number of nitrogens with zero attached hydrogens (tertiary/aromatic N) is 2. The SMILES string of the molecule is C=C[C@H](CCC(=O)OC)CNC(=O)[C@@H]1C[C@@H](Oc2nccc3cc(OC)ccc23)CN1C(=O)OC(C)(C)C. The van der Waals surface area contributed by atoms with Crippen LogP contribution in [-0.4, -0.2) is 72.9 Å². The predicted molar refractivity (Wildman–Crippen MR) is 142 cm³/mol. The van der Waals surface area contributed by atoms with E-state index in [4.69, 9.17) is 14.2 Å². The number of hydrogen-bond acceptors (Lipinski definition) is 8. The number of carbonyl (C=O) groups is 3. The van der Waals surface area contributed by atoms with Crippen molar-refractivity contribution in [3.05, 3.63) is 43.1 Å². The first-order valence-corrected chi connectivity index (χ1v) is 12.6. The van der Waals surface area contributed by atoms with Crippen LogP contribution in [0.1, 0.15) is 40.0 Å². The van der Waals surface area contributed by atoms with Crippen molar-refractivity contribution in [1.82, 2.24) is 15.2 Å². The van der Waals surface area contributed by atoms with Crippen LogP contribution in [-0.2, 0) is 19.1 Å². The number of rotatable bonds is 10. The molecule has 1 N–H and O–H groups in total. The molecule has 0 saturated carbocycles. The van der Waals surface area contributed by atoms with Gasteiger partial charge in [-0.2, -0.15) is 0 Å². The van der Waals surface area contributed by atoms with Crippen LogP contribution >= 0.6 is 0 Å². The fourth-order valence-electron chi connectivity index (χ4n) is 4.22. The van der Waals surface area contributed by atoms with Crippen molar-refractivity contribution < 1.29 is 33.3 Å². The zero-order chi connectivity index (χ0) is 27.9. The third kappa shape index (κ3) is 7.60. The Labute approximate surface area is 223 Å². The Hall–Kier alpha value is -3.82. The van der Waals surface area contributed by atoms with Crippen LogP contribution in [0.25, 0.3) is 10.8 Å². The van der Waals surface area contributed by atoms with E-state index in [0.717, 1.165) is 10.8 Å². The number of methoxy groups -OCH3 is 2. The van der Waals surface area contributed by atoms with E-state index in [2.05, 4.69) is 21.6 Å². The standard InChI is InChI=1S/C28H37N3O7/c1-7-18(8-11-24(32)36-6)16-30-25(33)23-15-21(17-31(23)27(34)38-28(2,3)4)37-26-22-10-9-20(35-5)14-19(22)12-13-29-26/h7,9-10,12-14,18,21,23H,1,8,11,15-17H2,2-6H3,(H,30,33)/t18-,21-,23+/m1/s1. The molecule has 2 heterocycles. The van der Waals surface area contributed by atoms with E-state index in [-0.39, 0.29) is 43.7 Å². The molecule has 38 heavy (non-hydrogen) atoms. The minimum absolute atomic E-state index is 0.127. The number of pyridine rings is 1. The summed E-state index contributed by atoms with van der Waals surface area (Å²) in [6.45, 7) is 9.55. The van der Waals surface area contributed by atoms with Crippen molar-refractivity contribution >= 4 is 28.7 Å². The molecule has 1 aliphatic heterocycles. The summed E-state index contributed by atoms with van der Waals surface area (Å²) in [5.41, 5.74) is -0.727. The van der Waals surface area contributed by atoms with Crippen LogP contribution in [0.2, 0.25) is 0 Å². The third-order valence-corrected chi connectivity index (χ3v) is 6.23. The molecule has 1 saturated heterocycles. The van der Waals surface area contributed by atoms with Gasteiger partial charge in [-0.15, -0.1) is 6.58 Å². The molecule has 0 spiro atoms. The molecule has 3 atom stereocenters. The molecule has 206 valence electrons. The highest BCUT2D eigenvalue weighted by atomic mass is 16.6. The molecular formula is C28H37N3O7. The summed E-state index contributed by atoms with van der Waals surface area (Å²) in [6, 6.07) is 6.64. The van der Waals surface area contributed by atoms with Crippen LogP contribution in [0.4, 0.5) is 4.79 Å². The maximum absolute atomic E-state index is 13.2. The minimum Gasteiger partial charge on any atom is -0.497 e. The number of carbonyl (C=O) groups excluding carboxylic acids is 3. The zero-order valence-electron chi connectivity index (χ0n) is 22.7. The second-order valence-electron chi connectivity index (χ2n) is 10.2. The maximum atomic E-state index is 13.2. The molecule has 0 radical (unpaired) electrons. The lowest BCUT2D eigenvalue weighted by Gasteiger charge is -2.28. The normalized spacial score (nSPS) is 18.0. The number of ether oxygens (including phenoxy) is 4. The summed E-state index contributed by atoms with van der Waals surface area (Å²) >= 11 is 0. The first kappa shape index (κ1) is 28.7. The Morgan fingerprint density at radius 1 is 1.24 bits per heavy atom. The van der Waals surface area contributed by atoms with Gasteiger partial charge in [0.25, 0.3) is 0 Å². The number of esters is 1. The number of nitrogens with one attached hydrogen (secondary N) is 1. The maximum Gasteiger partial charge on any atom is 0.411 e. The lowest BCUT2D eigenvalue weighted by molar-refractivity contribution is -0.140. The smallest absolute Gasteiger partial charge is 0.411 e. The molecule has 10 heteroatoms. The van der Waals surface area contributed by atoms with Crippen LogP contribution in [0.15, 0.2) is 43.1 Å². The monoisotopic (exact) mass is 527 g/mol. The summed E-state index contributed by atoms with van der Waals surface area (Å²) in [6.07, 6.45) is 3.23. The summed E-state index contributed by atoms with van der Waals surface area (Å²) in [4.78, 5) is 43.6. The van der Waals surface area contributed by atoms with Gasteiger partial charge in [-0.3, -0.25) is 14.5 Å². The van der Waals surface area contributed by atoms with Gasteiger partial charge in [0.1, 0.15) is 23.5 Å². The first-order chi connectivity index (χ1) is 18.0. The van der Waals surface area contributed by atoms with Crippen molar-refractivity contribution in [1.29, 1.82) is 0 Å². The van der Waals surface area contributed by atoms with Gasteiger partial charge in [-0.1, -0.05) is 6.08 Å². The topological polar surface area (TPSA) is 116 Å². The molecule has 1 aromatic carbocycles. The molecule has 1 aromatic heterocycles. The van der Waals surface area contributed by atoms with Crippen LogP contribution in [0, 0.1) is 5.92 Å². The average molecular weight is 528 g/mol. The lowest BCUT2D eigenvalue weighted by atomic mass is 10.0. The molecule has 0 aliphatic carbocycles. The van der Waals surface area contributed by atoms with Crippen molar-refractivity contribution in [2.24, 2.45) is 5.92 Å². The Balaban J connectivity index is 1.74. The van der Waals surface area contributed by atoms with E-state index in [1.165, 1.54) is 12.0 Å². The van der Waals surface area contributed by atoms with Gasteiger partial charge in [0, 0.05) is 31.0 Å². The average Bonchev–Trinajstić information content (AvgIpc) is 3.31. The Morgan fingerprint density at radius 3 is 2.66 bits per heavy atom. The largest absolute Gasteiger partial charge is 0.497 e. The number of likely N-dealkylation sites (tertiary alicyclic amines) is 1. The Bertz CT molecular complexity index is 1160. The molecule has 2 aromatic rings. The number of fused-ring (bicyclic) bond motifs is 1. The predicted octanol–water partition coefficient (Wildman–Crippen LogP) is 3.87. The van der Waals surface area contributed by atoms with Crippen LogP contribution < -0.4 is 14.8 Å². The molecular weight excluding hydrogens is 490 g/mol. The van der Waals surface area contributed by atoms with Crippen LogP contribution in [0.3, 0.4) is 0 Å². The van der Waals surface area contributed by atoms with Crippen molar-refractivity contribution in [2.45, 2.75) is 57.8 Å². The van der Waals surface area contributed by atoms with Gasteiger partial charge in [-0.25, -0.2) is 9.78 Å². The second-order valence-corrected chi connectivity index (χ2v) is 10.2. The van der Waals surface area contributed by atoms with Crippen molar-refractivity contribution in [3.63, 3.8) is 0 Å². The van der Waals surface area contributed by atoms with Gasteiger partial charge in [0.05, 0.1) is 20.8 Å². The molecule has 1 aliphatic rings. The second kappa shape index (κ2) is 12.6. The van der Waals surface area contributed by atoms with Crippen molar-refractivity contribution in [3.8, 4) is 11.6 Å². The van der Waals surface area contributed by atoms with E-state index in [1.54, 1.807) is 40.2 Å². The van der Waals surface area contributed by atoms with E-state index < -0.39 is 23.8 Å². The minimum atomic E-state index is -0.795. The molecule has 1 fully saturated rings. The van der Waals surface area contributed by atoms with E-state index >= 15 is 0 Å². The van der Waals surface area contributed by atoms with Gasteiger partial charge in [0.2, 0.25) is 11.8 Å². The number of hydrogen-bond donors (Lipinski definition) is 1. The molecule has 2 amide bonds. The highest BCUT2D eigenvalue weighted by Gasteiger charge is 2.43. The van der Waals surface area contributed by atoms with E-state index in [1.807, 2.05) is 24.3 Å². The number of benzene rings is 1. The summed E-state index contributed by atoms with van der Waals surface area (Å²) < 4.78 is 21.8. The summed E-state index contributed by atoms with van der Waals surface area (Å²) in [5, 5.41) is 4.59. The molecule has 10 nitrogen and oxygen atoms in total. The zero-order valence-corrected chi connectivity index (χ0v) is 22.7. The van der Waals surface area contributed by atoms with Gasteiger partial charge in [-0.05, 0) is 62.8 Å². The fourth-order valence-corrected chi connectivity index (χ4v) is 4.22. The third-order valence-electron chi connectivity index (χ3n) is 6.23. The molecule has 0 unspecified atom stereocenters.